The Kier molecular flexibility index (Phi) is 11.5. The number of aliphatic carboxylic acids is 2. The van der Waals surface area contributed by atoms with E-state index in [4.69, 9.17) is 31.4 Å². The summed E-state index contributed by atoms with van der Waals surface area (Å²) in [6.45, 7) is 7.03. The molecule has 3 aromatic carbocycles. The van der Waals surface area contributed by atoms with E-state index < -0.39 is 11.9 Å². The van der Waals surface area contributed by atoms with E-state index in [-0.39, 0.29) is 0 Å². The number of carbonyl (C=O) groups is 3. The Balaban J connectivity index is 0.000000612. The van der Waals surface area contributed by atoms with Crippen LogP contribution in [0.15, 0.2) is 84.9 Å². The fourth-order valence-electron chi connectivity index (χ4n) is 5.75. The molecule has 8 nitrogen and oxygen atoms in total. The predicted octanol–water partition coefficient (Wildman–Crippen LogP) is 5.00. The molecule has 1 atom stereocenters. The molecule has 0 aliphatic carbocycles. The minimum Gasteiger partial charge on any atom is -0.473 e. The van der Waals surface area contributed by atoms with Crippen molar-refractivity contribution in [3.05, 3.63) is 107 Å². The maximum absolute atomic E-state index is 12.8. The third kappa shape index (κ3) is 8.89. The van der Waals surface area contributed by atoms with Gasteiger partial charge in [-0.15, -0.1) is 0 Å². The Morgan fingerprint density at radius 3 is 1.81 bits per heavy atom. The second kappa shape index (κ2) is 15.5. The molecular weight excluding hydrogens is 554 g/mol. The molecule has 2 heterocycles. The van der Waals surface area contributed by atoms with Crippen molar-refractivity contribution < 1.29 is 24.6 Å². The van der Waals surface area contributed by atoms with Gasteiger partial charge in [0.1, 0.15) is 0 Å². The number of halogens is 1. The van der Waals surface area contributed by atoms with Crippen LogP contribution >= 0.6 is 11.6 Å². The maximum Gasteiger partial charge on any atom is 0.414 e. The molecule has 0 bridgehead atoms. The van der Waals surface area contributed by atoms with Crippen molar-refractivity contribution in [1.29, 1.82) is 0 Å². The smallest absolute Gasteiger partial charge is 0.414 e. The van der Waals surface area contributed by atoms with Crippen molar-refractivity contribution in [3.63, 3.8) is 0 Å². The predicted molar refractivity (Wildman–Crippen MR) is 163 cm³/mol. The van der Waals surface area contributed by atoms with Crippen LogP contribution in [-0.2, 0) is 14.4 Å². The molecule has 1 unspecified atom stereocenters. The first-order chi connectivity index (χ1) is 20.3. The van der Waals surface area contributed by atoms with Gasteiger partial charge in [-0.25, -0.2) is 9.59 Å². The highest BCUT2D eigenvalue weighted by Gasteiger charge is 2.28. The van der Waals surface area contributed by atoms with E-state index in [0.29, 0.717) is 24.3 Å². The van der Waals surface area contributed by atoms with Crippen molar-refractivity contribution >= 4 is 29.4 Å². The van der Waals surface area contributed by atoms with Gasteiger partial charge >= 0.3 is 11.9 Å². The fourth-order valence-corrected chi connectivity index (χ4v) is 5.88. The van der Waals surface area contributed by atoms with Crippen LogP contribution in [-0.4, -0.2) is 88.6 Å². The molecule has 9 heteroatoms. The molecule has 0 spiro atoms. The largest absolute Gasteiger partial charge is 0.473 e. The summed E-state index contributed by atoms with van der Waals surface area (Å²) in [7, 11) is 0. The lowest BCUT2D eigenvalue weighted by molar-refractivity contribution is -0.159. The van der Waals surface area contributed by atoms with Crippen LogP contribution in [0.5, 0.6) is 0 Å². The lowest BCUT2D eigenvalue weighted by Crippen LogP contribution is -2.48. The Morgan fingerprint density at radius 2 is 1.31 bits per heavy atom. The van der Waals surface area contributed by atoms with E-state index in [1.807, 2.05) is 12.1 Å². The Bertz CT molecular complexity index is 1250. The molecule has 0 aromatic heterocycles. The quantitative estimate of drug-likeness (QED) is 0.356. The van der Waals surface area contributed by atoms with Crippen LogP contribution in [0.25, 0.3) is 0 Å². The monoisotopic (exact) mass is 591 g/mol. The van der Waals surface area contributed by atoms with Crippen LogP contribution < -0.4 is 0 Å². The number of carboxylic acids is 2. The van der Waals surface area contributed by atoms with Gasteiger partial charge in [0, 0.05) is 50.7 Å². The molecule has 3 aromatic rings. The molecule has 2 aliphatic heterocycles. The third-order valence-corrected chi connectivity index (χ3v) is 8.20. The van der Waals surface area contributed by atoms with Crippen LogP contribution in [0, 0.1) is 0 Å². The van der Waals surface area contributed by atoms with Crippen LogP contribution in [0.2, 0.25) is 5.02 Å². The van der Waals surface area contributed by atoms with Gasteiger partial charge in [-0.3, -0.25) is 9.69 Å². The highest BCUT2D eigenvalue weighted by atomic mass is 35.5. The summed E-state index contributed by atoms with van der Waals surface area (Å²) in [5.41, 5.74) is 3.95. The van der Waals surface area contributed by atoms with Crippen molar-refractivity contribution in [2.75, 3.05) is 45.8 Å². The van der Waals surface area contributed by atoms with Crippen LogP contribution in [0.1, 0.15) is 47.9 Å². The summed E-state index contributed by atoms with van der Waals surface area (Å²) < 4.78 is 0. The second-order valence-corrected chi connectivity index (χ2v) is 11.1. The maximum atomic E-state index is 12.8. The summed E-state index contributed by atoms with van der Waals surface area (Å²) in [6.07, 6.45) is 2.69. The van der Waals surface area contributed by atoms with E-state index >= 15 is 0 Å². The average molecular weight is 592 g/mol. The number of hydrogen-bond donors (Lipinski definition) is 2. The zero-order chi connectivity index (χ0) is 29.9. The first-order valence-corrected chi connectivity index (χ1v) is 14.8. The van der Waals surface area contributed by atoms with E-state index in [0.717, 1.165) is 63.7 Å². The summed E-state index contributed by atoms with van der Waals surface area (Å²) in [5, 5.41) is 15.5. The SMILES string of the molecule is O=C(O)C(=O)O.O=C1CC(c2ccc(Cl)cc2)CCN1CCCN1CCN(C(c2ccccc2)c2ccccc2)CC1. The highest BCUT2D eigenvalue weighted by Crippen LogP contribution is 2.31. The summed E-state index contributed by atoms with van der Waals surface area (Å²) in [6, 6.07) is 30.0. The molecule has 222 valence electrons. The molecule has 2 N–H and O–H groups in total. The van der Waals surface area contributed by atoms with Crippen LogP contribution in [0.4, 0.5) is 0 Å². The molecule has 0 radical (unpaired) electrons. The van der Waals surface area contributed by atoms with Gasteiger partial charge in [0.2, 0.25) is 5.91 Å². The second-order valence-electron chi connectivity index (χ2n) is 10.7. The van der Waals surface area contributed by atoms with Crippen molar-refractivity contribution in [1.82, 2.24) is 14.7 Å². The Hall–Kier alpha value is -3.72. The average Bonchev–Trinajstić information content (AvgIpc) is 3.01. The highest BCUT2D eigenvalue weighted by molar-refractivity contribution is 6.30. The number of nitrogens with zero attached hydrogens (tertiary/aromatic N) is 3. The molecule has 42 heavy (non-hydrogen) atoms. The number of amides is 1. The molecule has 5 rings (SSSR count). The van der Waals surface area contributed by atoms with E-state index in [1.165, 1.54) is 16.7 Å². The number of hydrogen-bond acceptors (Lipinski definition) is 5. The number of likely N-dealkylation sites (tertiary alicyclic amines) is 1. The lowest BCUT2D eigenvalue weighted by Gasteiger charge is -2.40. The number of benzene rings is 3. The summed E-state index contributed by atoms with van der Waals surface area (Å²) in [4.78, 5) is 38.2. The van der Waals surface area contributed by atoms with Crippen molar-refractivity contribution in [2.45, 2.75) is 31.2 Å². The van der Waals surface area contributed by atoms with Crippen LogP contribution in [0.3, 0.4) is 0 Å². The minimum absolute atomic E-state index is 0.291. The number of piperidine rings is 1. The number of piperazine rings is 1. The van der Waals surface area contributed by atoms with Gasteiger partial charge in [-0.1, -0.05) is 84.4 Å². The Labute approximate surface area is 252 Å². The number of carboxylic acid groups (broad SMARTS) is 2. The first-order valence-electron chi connectivity index (χ1n) is 14.4. The van der Waals surface area contributed by atoms with Gasteiger partial charge in [0.25, 0.3) is 0 Å². The van der Waals surface area contributed by atoms with Gasteiger partial charge in [0.15, 0.2) is 0 Å². The molecule has 2 aliphatic rings. The molecule has 1 amide bonds. The molecule has 2 saturated heterocycles. The zero-order valence-electron chi connectivity index (χ0n) is 23.6. The first kappa shape index (κ1) is 31.2. The minimum atomic E-state index is -1.82. The van der Waals surface area contributed by atoms with Crippen molar-refractivity contribution in [2.24, 2.45) is 0 Å². The van der Waals surface area contributed by atoms with Gasteiger partial charge in [-0.05, 0) is 54.1 Å². The summed E-state index contributed by atoms with van der Waals surface area (Å²) >= 11 is 6.02. The van der Waals surface area contributed by atoms with Gasteiger partial charge < -0.3 is 20.0 Å². The fraction of sp³-hybridized carbons (Fsp3) is 0.364. The summed E-state index contributed by atoms with van der Waals surface area (Å²) in [5.74, 6) is -3.04. The van der Waals surface area contributed by atoms with E-state index in [9.17, 15) is 4.79 Å². The topological polar surface area (TPSA) is 101 Å². The zero-order valence-corrected chi connectivity index (χ0v) is 24.4. The standard InChI is InChI=1S/C31H36ClN3O.C2H2O4/c32-29-14-12-25(13-15-29)28-16-19-34(30(36)24-28)18-7-17-33-20-22-35(23-21-33)31(26-8-3-1-4-9-26)27-10-5-2-6-11-27;3-1(4)2(5)6/h1-6,8-15,28,31H,7,16-24H2;(H,3,4)(H,5,6). The Morgan fingerprint density at radius 1 is 0.762 bits per heavy atom. The molecular formula is C33H38ClN3O5. The van der Waals surface area contributed by atoms with Gasteiger partial charge in [0.05, 0.1) is 6.04 Å². The lowest BCUT2D eigenvalue weighted by atomic mass is 9.89. The number of carbonyl (C=O) groups excluding carboxylic acids is 1. The number of rotatable bonds is 8. The molecule has 2 fully saturated rings. The third-order valence-electron chi connectivity index (χ3n) is 7.95. The van der Waals surface area contributed by atoms with Gasteiger partial charge in [-0.2, -0.15) is 0 Å². The van der Waals surface area contributed by atoms with E-state index in [2.05, 4.69) is 87.5 Å². The van der Waals surface area contributed by atoms with Crippen molar-refractivity contribution in [3.8, 4) is 0 Å². The van der Waals surface area contributed by atoms with E-state index in [1.54, 1.807) is 0 Å². The normalized spacial score (nSPS) is 17.9. The molecule has 0 saturated carbocycles.